The van der Waals surface area contributed by atoms with Gasteiger partial charge >= 0.3 is 0 Å². The highest BCUT2D eigenvalue weighted by Gasteiger charge is 2.12. The number of amides is 1. The molecule has 0 atom stereocenters. The van der Waals surface area contributed by atoms with E-state index in [9.17, 15) is 4.79 Å². The van der Waals surface area contributed by atoms with E-state index >= 15 is 0 Å². The summed E-state index contributed by atoms with van der Waals surface area (Å²) >= 11 is 0. The number of benzene rings is 1. The number of ether oxygens (including phenoxy) is 1. The summed E-state index contributed by atoms with van der Waals surface area (Å²) in [5, 5.41) is 4.00. The molecule has 0 saturated carbocycles. The van der Waals surface area contributed by atoms with Crippen LogP contribution >= 0.6 is 0 Å². The third kappa shape index (κ3) is 7.29. The molecule has 1 amide bonds. The van der Waals surface area contributed by atoms with Crippen LogP contribution in [0, 0.1) is 13.8 Å². The third-order valence-corrected chi connectivity index (χ3v) is 4.31. The molecule has 1 N–H and O–H groups in total. The van der Waals surface area contributed by atoms with Gasteiger partial charge in [0, 0.05) is 0 Å². The van der Waals surface area contributed by atoms with Crippen LogP contribution in [0.25, 0.3) is 0 Å². The average molecular weight is 370 g/mol. The zero-order valence-electron chi connectivity index (χ0n) is 16.6. The molecule has 0 saturated heterocycles. The SMILES string of the molecule is CCCCCCCCOc1ccc(C=NNC(=O)c2cc(C)oc2C)cc1. The molecule has 146 valence electrons. The molecule has 0 unspecified atom stereocenters. The van der Waals surface area contributed by atoms with Crippen LogP contribution in [0.3, 0.4) is 0 Å². The number of carbonyl (C=O) groups excluding carboxylic acids is 1. The van der Waals surface area contributed by atoms with Gasteiger partial charge in [0.15, 0.2) is 0 Å². The fraction of sp³-hybridized carbons (Fsp3) is 0.455. The molecule has 0 spiro atoms. The normalized spacial score (nSPS) is 11.1. The molecule has 2 rings (SSSR count). The first-order valence-corrected chi connectivity index (χ1v) is 9.73. The minimum atomic E-state index is -0.278. The third-order valence-electron chi connectivity index (χ3n) is 4.31. The lowest BCUT2D eigenvalue weighted by Gasteiger charge is -2.06. The molecule has 5 heteroatoms. The summed E-state index contributed by atoms with van der Waals surface area (Å²) < 4.78 is 11.1. The van der Waals surface area contributed by atoms with Gasteiger partial charge in [-0.1, -0.05) is 39.0 Å². The number of hydrazone groups is 1. The molecule has 0 bridgehead atoms. The van der Waals surface area contributed by atoms with Gasteiger partial charge in [0.25, 0.3) is 5.91 Å². The molecule has 27 heavy (non-hydrogen) atoms. The predicted octanol–water partition coefficient (Wildman–Crippen LogP) is 5.40. The van der Waals surface area contributed by atoms with E-state index in [0.29, 0.717) is 17.1 Å². The number of hydrogen-bond acceptors (Lipinski definition) is 4. The standard InChI is InChI=1S/C22H30N2O3/c1-4-5-6-7-8-9-14-26-20-12-10-19(11-13-20)16-23-24-22(25)21-15-17(2)27-18(21)3/h10-13,15-16H,4-9,14H2,1-3H3,(H,24,25). The van der Waals surface area contributed by atoms with Crippen LogP contribution in [0.5, 0.6) is 5.75 Å². The van der Waals surface area contributed by atoms with Gasteiger partial charge in [0.05, 0.1) is 18.4 Å². The summed E-state index contributed by atoms with van der Waals surface area (Å²) in [6, 6.07) is 9.38. The van der Waals surface area contributed by atoms with E-state index in [4.69, 9.17) is 9.15 Å². The maximum absolute atomic E-state index is 12.0. The number of aryl methyl sites for hydroxylation is 2. The predicted molar refractivity (Wildman–Crippen MR) is 109 cm³/mol. The zero-order chi connectivity index (χ0) is 19.5. The Kier molecular flexibility index (Phi) is 8.62. The summed E-state index contributed by atoms with van der Waals surface area (Å²) in [5.74, 6) is 1.87. The second-order valence-electron chi connectivity index (χ2n) is 6.71. The number of hydrogen-bond donors (Lipinski definition) is 1. The van der Waals surface area contributed by atoms with E-state index in [1.807, 2.05) is 31.2 Å². The van der Waals surface area contributed by atoms with Crippen LogP contribution in [-0.2, 0) is 0 Å². The molecule has 1 aromatic heterocycles. The fourth-order valence-electron chi connectivity index (χ4n) is 2.80. The van der Waals surface area contributed by atoms with Crippen molar-refractivity contribution in [3.05, 3.63) is 53.0 Å². The molecule has 1 heterocycles. The Hall–Kier alpha value is -2.56. The maximum Gasteiger partial charge on any atom is 0.274 e. The Morgan fingerprint density at radius 1 is 1.11 bits per heavy atom. The fourth-order valence-corrected chi connectivity index (χ4v) is 2.80. The first-order valence-electron chi connectivity index (χ1n) is 9.73. The largest absolute Gasteiger partial charge is 0.494 e. The first-order chi connectivity index (χ1) is 13.1. The topological polar surface area (TPSA) is 63.8 Å². The molecule has 1 aromatic carbocycles. The lowest BCUT2D eigenvalue weighted by atomic mass is 10.1. The van der Waals surface area contributed by atoms with Crippen LogP contribution in [0.2, 0.25) is 0 Å². The Morgan fingerprint density at radius 2 is 1.81 bits per heavy atom. The van der Waals surface area contributed by atoms with Crippen molar-refractivity contribution in [2.75, 3.05) is 6.61 Å². The minimum Gasteiger partial charge on any atom is -0.494 e. The molecular formula is C22H30N2O3. The molecule has 0 aliphatic heterocycles. The van der Waals surface area contributed by atoms with Gasteiger partial charge in [-0.3, -0.25) is 4.79 Å². The van der Waals surface area contributed by atoms with Crippen LogP contribution in [-0.4, -0.2) is 18.7 Å². The summed E-state index contributed by atoms with van der Waals surface area (Å²) in [6.45, 7) is 6.55. The number of nitrogens with zero attached hydrogens (tertiary/aromatic N) is 1. The highest BCUT2D eigenvalue weighted by molar-refractivity contribution is 5.95. The second kappa shape index (κ2) is 11.2. The van der Waals surface area contributed by atoms with Crippen molar-refractivity contribution in [2.24, 2.45) is 5.10 Å². The number of furan rings is 1. The van der Waals surface area contributed by atoms with Crippen LogP contribution in [0.15, 0.2) is 39.9 Å². The van der Waals surface area contributed by atoms with Crippen LogP contribution in [0.4, 0.5) is 0 Å². The van der Waals surface area contributed by atoms with Crippen molar-refractivity contribution in [2.45, 2.75) is 59.3 Å². The van der Waals surface area contributed by atoms with Crippen LogP contribution < -0.4 is 10.2 Å². The highest BCUT2D eigenvalue weighted by atomic mass is 16.5. The number of nitrogens with one attached hydrogen (secondary N) is 1. The number of unbranched alkanes of at least 4 members (excludes halogenated alkanes) is 5. The number of rotatable bonds is 11. The zero-order valence-corrected chi connectivity index (χ0v) is 16.6. The molecule has 0 aliphatic rings. The van der Waals surface area contributed by atoms with E-state index in [1.54, 1.807) is 19.2 Å². The monoisotopic (exact) mass is 370 g/mol. The van der Waals surface area contributed by atoms with Gasteiger partial charge in [0.1, 0.15) is 17.3 Å². The molecular weight excluding hydrogens is 340 g/mol. The quantitative estimate of drug-likeness (QED) is 0.327. The number of carbonyl (C=O) groups is 1. The van der Waals surface area contributed by atoms with Crippen molar-refractivity contribution in [3.8, 4) is 5.75 Å². The van der Waals surface area contributed by atoms with E-state index < -0.39 is 0 Å². The van der Waals surface area contributed by atoms with E-state index in [0.717, 1.165) is 24.3 Å². The highest BCUT2D eigenvalue weighted by Crippen LogP contribution is 2.14. The first kappa shape index (κ1) is 20.7. The molecule has 0 fully saturated rings. The minimum absolute atomic E-state index is 0.278. The van der Waals surface area contributed by atoms with Crippen LogP contribution in [0.1, 0.15) is 72.9 Å². The lowest BCUT2D eigenvalue weighted by molar-refractivity contribution is 0.0953. The van der Waals surface area contributed by atoms with E-state index in [1.165, 1.54) is 32.1 Å². The molecule has 5 nitrogen and oxygen atoms in total. The van der Waals surface area contributed by atoms with E-state index in [-0.39, 0.29) is 5.91 Å². The summed E-state index contributed by atoms with van der Waals surface area (Å²) in [7, 11) is 0. The van der Waals surface area contributed by atoms with Crippen molar-refractivity contribution < 1.29 is 13.9 Å². The Bertz CT molecular complexity index is 733. The second-order valence-corrected chi connectivity index (χ2v) is 6.71. The van der Waals surface area contributed by atoms with Gasteiger partial charge < -0.3 is 9.15 Å². The van der Waals surface area contributed by atoms with E-state index in [2.05, 4.69) is 17.5 Å². The van der Waals surface area contributed by atoms with Gasteiger partial charge in [-0.2, -0.15) is 5.10 Å². The van der Waals surface area contributed by atoms with Crippen molar-refractivity contribution in [1.82, 2.24) is 5.43 Å². The molecule has 0 aliphatic carbocycles. The summed E-state index contributed by atoms with van der Waals surface area (Å²) in [6.07, 6.45) is 9.13. The van der Waals surface area contributed by atoms with Gasteiger partial charge in [-0.15, -0.1) is 0 Å². The maximum atomic E-state index is 12.0. The summed E-state index contributed by atoms with van der Waals surface area (Å²) in [5.41, 5.74) is 3.91. The molecule has 2 aromatic rings. The van der Waals surface area contributed by atoms with Crippen molar-refractivity contribution in [1.29, 1.82) is 0 Å². The van der Waals surface area contributed by atoms with Crippen molar-refractivity contribution >= 4 is 12.1 Å². The molecule has 0 radical (unpaired) electrons. The Morgan fingerprint density at radius 3 is 2.48 bits per heavy atom. The average Bonchev–Trinajstić information content (AvgIpc) is 3.00. The Labute approximate surface area is 161 Å². The van der Waals surface area contributed by atoms with Gasteiger partial charge in [-0.25, -0.2) is 5.43 Å². The smallest absolute Gasteiger partial charge is 0.274 e. The Balaban J connectivity index is 1.71. The van der Waals surface area contributed by atoms with Crippen molar-refractivity contribution in [3.63, 3.8) is 0 Å². The lowest BCUT2D eigenvalue weighted by Crippen LogP contribution is -2.17. The summed E-state index contributed by atoms with van der Waals surface area (Å²) in [4.78, 5) is 12.0. The van der Waals surface area contributed by atoms with Gasteiger partial charge in [0.2, 0.25) is 0 Å². The van der Waals surface area contributed by atoms with Gasteiger partial charge in [-0.05, 0) is 56.2 Å².